The Morgan fingerprint density at radius 1 is 1.47 bits per heavy atom. The van der Waals surface area contributed by atoms with E-state index >= 15 is 0 Å². The van der Waals surface area contributed by atoms with Crippen molar-refractivity contribution in [1.82, 2.24) is 0 Å². The van der Waals surface area contributed by atoms with Crippen LogP contribution in [0.2, 0.25) is 0 Å². The number of hydrogen-bond donors (Lipinski definition) is 0. The van der Waals surface area contributed by atoms with Gasteiger partial charge in [0, 0.05) is 12.0 Å². The zero-order valence-corrected chi connectivity index (χ0v) is 8.28. The Labute approximate surface area is 86.8 Å². The van der Waals surface area contributed by atoms with Crippen molar-refractivity contribution in [3.8, 4) is 5.75 Å². The molecule has 1 heterocycles. The number of fused-ring (bicyclic) bond motifs is 1. The molecule has 1 aliphatic heterocycles. The first-order chi connectivity index (χ1) is 7.20. The highest BCUT2D eigenvalue weighted by molar-refractivity contribution is 5.91. The van der Waals surface area contributed by atoms with Gasteiger partial charge in [-0.25, -0.2) is 4.79 Å². The third-order valence-electron chi connectivity index (χ3n) is 2.26. The van der Waals surface area contributed by atoms with Crippen LogP contribution in [-0.2, 0) is 16.0 Å². The maximum absolute atomic E-state index is 11.2. The van der Waals surface area contributed by atoms with Gasteiger partial charge in [-0.2, -0.15) is 0 Å². The summed E-state index contributed by atoms with van der Waals surface area (Å²) in [6.07, 6.45) is 0.372. The van der Waals surface area contributed by atoms with Crippen molar-refractivity contribution >= 4 is 11.8 Å². The third-order valence-corrected chi connectivity index (χ3v) is 2.26. The van der Waals surface area contributed by atoms with Gasteiger partial charge in [0.05, 0.1) is 12.7 Å². The van der Waals surface area contributed by atoms with E-state index in [4.69, 9.17) is 4.74 Å². The van der Waals surface area contributed by atoms with Gasteiger partial charge in [0.25, 0.3) is 0 Å². The van der Waals surface area contributed by atoms with Crippen LogP contribution < -0.4 is 4.74 Å². The number of ketones is 1. The predicted molar refractivity (Wildman–Crippen MR) is 52.0 cm³/mol. The molecule has 0 amide bonds. The molecule has 0 aliphatic carbocycles. The lowest BCUT2D eigenvalue weighted by Gasteiger charge is -2.16. The molecule has 1 aliphatic rings. The summed E-state index contributed by atoms with van der Waals surface area (Å²) >= 11 is 0. The summed E-state index contributed by atoms with van der Waals surface area (Å²) < 4.78 is 9.80. The third kappa shape index (κ3) is 1.83. The average molecular weight is 206 g/mol. The summed E-state index contributed by atoms with van der Waals surface area (Å²) in [5.41, 5.74) is 1.25. The standard InChI is InChI=1S/C11H10O4/c1-14-11(13)8-3-2-7-4-9(12)6-15-10(7)5-8/h2-3,5H,4,6H2,1H3. The van der Waals surface area contributed by atoms with Crippen molar-refractivity contribution in [1.29, 1.82) is 0 Å². The smallest absolute Gasteiger partial charge is 0.337 e. The van der Waals surface area contributed by atoms with Gasteiger partial charge < -0.3 is 9.47 Å². The number of ether oxygens (including phenoxy) is 2. The number of hydrogen-bond acceptors (Lipinski definition) is 4. The van der Waals surface area contributed by atoms with Gasteiger partial charge in [0.2, 0.25) is 0 Å². The zero-order chi connectivity index (χ0) is 10.8. The fourth-order valence-corrected chi connectivity index (χ4v) is 1.50. The van der Waals surface area contributed by atoms with E-state index < -0.39 is 5.97 Å². The number of carbonyl (C=O) groups is 2. The van der Waals surface area contributed by atoms with Crippen molar-refractivity contribution < 1.29 is 19.1 Å². The van der Waals surface area contributed by atoms with Crippen LogP contribution >= 0.6 is 0 Å². The predicted octanol–water partition coefficient (Wildman–Crippen LogP) is 0.977. The molecule has 0 saturated carbocycles. The van der Waals surface area contributed by atoms with Gasteiger partial charge in [0.15, 0.2) is 5.78 Å². The molecular weight excluding hydrogens is 196 g/mol. The Bertz CT molecular complexity index is 423. The van der Waals surface area contributed by atoms with Crippen molar-refractivity contribution in [2.24, 2.45) is 0 Å². The summed E-state index contributed by atoms with van der Waals surface area (Å²) in [6, 6.07) is 4.96. The minimum absolute atomic E-state index is 0.0494. The largest absolute Gasteiger partial charge is 0.486 e. The summed E-state index contributed by atoms with van der Waals surface area (Å²) in [4.78, 5) is 22.3. The lowest BCUT2D eigenvalue weighted by molar-refractivity contribution is -0.121. The Kier molecular flexibility index (Phi) is 2.41. The lowest BCUT2D eigenvalue weighted by Crippen LogP contribution is -2.20. The molecule has 0 fully saturated rings. The van der Waals surface area contributed by atoms with Crippen LogP contribution in [0.25, 0.3) is 0 Å². The van der Waals surface area contributed by atoms with Crippen LogP contribution in [0.1, 0.15) is 15.9 Å². The van der Waals surface area contributed by atoms with E-state index in [0.29, 0.717) is 17.7 Å². The minimum atomic E-state index is -0.404. The van der Waals surface area contributed by atoms with Gasteiger partial charge in [-0.3, -0.25) is 4.79 Å². The van der Waals surface area contributed by atoms with Gasteiger partial charge in [-0.15, -0.1) is 0 Å². The van der Waals surface area contributed by atoms with Crippen LogP contribution in [0.5, 0.6) is 5.75 Å². The van der Waals surface area contributed by atoms with Crippen LogP contribution in [0.15, 0.2) is 18.2 Å². The van der Waals surface area contributed by atoms with Gasteiger partial charge in [-0.05, 0) is 12.1 Å². The van der Waals surface area contributed by atoms with E-state index in [1.165, 1.54) is 7.11 Å². The maximum atomic E-state index is 11.2. The first-order valence-electron chi connectivity index (χ1n) is 4.56. The summed E-state index contributed by atoms with van der Waals surface area (Å²) in [7, 11) is 1.33. The highest BCUT2D eigenvalue weighted by atomic mass is 16.5. The van der Waals surface area contributed by atoms with Crippen molar-refractivity contribution in [3.05, 3.63) is 29.3 Å². The topological polar surface area (TPSA) is 52.6 Å². The molecule has 4 heteroatoms. The van der Waals surface area contributed by atoms with Crippen LogP contribution in [0, 0.1) is 0 Å². The summed E-state index contributed by atoms with van der Waals surface area (Å²) in [5.74, 6) is 0.240. The van der Waals surface area contributed by atoms with E-state index in [0.717, 1.165) is 5.56 Å². The van der Waals surface area contributed by atoms with Gasteiger partial charge in [-0.1, -0.05) is 6.07 Å². The molecule has 0 unspecified atom stereocenters. The lowest BCUT2D eigenvalue weighted by atomic mass is 10.0. The summed E-state index contributed by atoms with van der Waals surface area (Å²) in [6.45, 7) is 0.0810. The monoisotopic (exact) mass is 206 g/mol. The fraction of sp³-hybridized carbons (Fsp3) is 0.273. The molecular formula is C11H10O4. The van der Waals surface area contributed by atoms with E-state index in [9.17, 15) is 9.59 Å². The SMILES string of the molecule is COC(=O)c1ccc2c(c1)OCC(=O)C2. The molecule has 0 spiro atoms. The Balaban J connectivity index is 2.34. The zero-order valence-electron chi connectivity index (χ0n) is 8.28. The van der Waals surface area contributed by atoms with E-state index in [2.05, 4.69) is 4.74 Å². The molecule has 0 radical (unpaired) electrons. The average Bonchev–Trinajstić information content (AvgIpc) is 2.27. The molecule has 15 heavy (non-hydrogen) atoms. The second-order valence-corrected chi connectivity index (χ2v) is 3.32. The van der Waals surface area contributed by atoms with Crippen LogP contribution in [-0.4, -0.2) is 25.5 Å². The van der Waals surface area contributed by atoms with Crippen molar-refractivity contribution in [2.75, 3.05) is 13.7 Å². The first-order valence-corrected chi connectivity index (χ1v) is 4.56. The van der Waals surface area contributed by atoms with E-state index in [1.807, 2.05) is 0 Å². The number of carbonyl (C=O) groups excluding carboxylic acids is 2. The molecule has 0 aromatic heterocycles. The second-order valence-electron chi connectivity index (χ2n) is 3.32. The molecule has 0 saturated heterocycles. The molecule has 0 bridgehead atoms. The van der Waals surface area contributed by atoms with Crippen molar-refractivity contribution in [3.63, 3.8) is 0 Å². The number of Topliss-reactive ketones (excluding diaryl/α,β-unsaturated/α-hetero) is 1. The Morgan fingerprint density at radius 2 is 2.27 bits per heavy atom. The fourth-order valence-electron chi connectivity index (χ4n) is 1.50. The van der Waals surface area contributed by atoms with E-state index in [1.54, 1.807) is 18.2 Å². The maximum Gasteiger partial charge on any atom is 0.337 e. The molecule has 1 aromatic rings. The molecule has 0 atom stereocenters. The van der Waals surface area contributed by atoms with Crippen LogP contribution in [0.3, 0.4) is 0 Å². The number of esters is 1. The first kappa shape index (κ1) is 9.71. The van der Waals surface area contributed by atoms with Crippen molar-refractivity contribution in [2.45, 2.75) is 6.42 Å². The molecule has 4 nitrogen and oxygen atoms in total. The minimum Gasteiger partial charge on any atom is -0.486 e. The van der Waals surface area contributed by atoms with Gasteiger partial charge in [0.1, 0.15) is 12.4 Å². The summed E-state index contributed by atoms with van der Waals surface area (Å²) in [5, 5.41) is 0. The number of benzene rings is 1. The number of rotatable bonds is 1. The highest BCUT2D eigenvalue weighted by Gasteiger charge is 2.18. The molecule has 0 N–H and O–H groups in total. The Morgan fingerprint density at radius 3 is 3.00 bits per heavy atom. The normalized spacial score (nSPS) is 14.1. The second kappa shape index (κ2) is 3.73. The Hall–Kier alpha value is -1.84. The van der Waals surface area contributed by atoms with E-state index in [-0.39, 0.29) is 12.4 Å². The molecule has 1 aromatic carbocycles. The molecule has 2 rings (SSSR count). The molecule has 78 valence electrons. The number of methoxy groups -OCH3 is 1. The van der Waals surface area contributed by atoms with Gasteiger partial charge >= 0.3 is 5.97 Å². The quantitative estimate of drug-likeness (QED) is 0.642. The highest BCUT2D eigenvalue weighted by Crippen LogP contribution is 2.24. The van der Waals surface area contributed by atoms with Crippen LogP contribution in [0.4, 0.5) is 0 Å².